The van der Waals surface area contributed by atoms with E-state index in [0.717, 1.165) is 30.9 Å². The second-order valence-corrected chi connectivity index (χ2v) is 6.49. The summed E-state index contributed by atoms with van der Waals surface area (Å²) in [4.78, 5) is 18.9. The van der Waals surface area contributed by atoms with Gasteiger partial charge in [-0.1, -0.05) is 30.0 Å². The number of rotatable bonds is 3. The molecule has 1 atom stereocenters. The first-order valence-corrected chi connectivity index (χ1v) is 7.98. The Morgan fingerprint density at radius 3 is 3.00 bits per heavy atom. The quantitative estimate of drug-likeness (QED) is 0.885. The molecule has 110 valence electrons. The third-order valence-electron chi connectivity index (χ3n) is 3.58. The summed E-state index contributed by atoms with van der Waals surface area (Å²) in [5, 5.41) is 7.31. The van der Waals surface area contributed by atoms with Crippen molar-refractivity contribution < 1.29 is 4.79 Å². The topological polar surface area (TPSA) is 61.9 Å². The number of hydrogen-bond acceptors (Lipinski definition) is 4. The third kappa shape index (κ3) is 2.95. The SMILES string of the molecule is Cc1nc(SC(C)C(=O)N2CCCc3ccccc32)n[nH]1. The molecule has 21 heavy (non-hydrogen) atoms. The van der Waals surface area contributed by atoms with Crippen LogP contribution < -0.4 is 4.90 Å². The molecular weight excluding hydrogens is 284 g/mol. The molecule has 1 unspecified atom stereocenters. The smallest absolute Gasteiger partial charge is 0.240 e. The molecule has 5 nitrogen and oxygen atoms in total. The van der Waals surface area contributed by atoms with Crippen molar-refractivity contribution in [3.63, 3.8) is 0 Å². The fraction of sp³-hybridized carbons (Fsp3) is 0.400. The van der Waals surface area contributed by atoms with E-state index in [1.165, 1.54) is 17.3 Å². The molecule has 2 heterocycles. The highest BCUT2D eigenvalue weighted by Gasteiger charge is 2.27. The van der Waals surface area contributed by atoms with Crippen LogP contribution in [0.25, 0.3) is 0 Å². The number of aryl methyl sites for hydroxylation is 2. The Bertz CT molecular complexity index is 655. The maximum atomic E-state index is 12.7. The van der Waals surface area contributed by atoms with Gasteiger partial charge < -0.3 is 4.90 Å². The minimum absolute atomic E-state index is 0.120. The summed E-state index contributed by atoms with van der Waals surface area (Å²) in [5.74, 6) is 0.884. The Morgan fingerprint density at radius 2 is 2.24 bits per heavy atom. The predicted octanol–water partition coefficient (Wildman–Crippen LogP) is 2.57. The summed E-state index contributed by atoms with van der Waals surface area (Å²) in [6.45, 7) is 4.55. The molecule has 1 aliphatic heterocycles. The van der Waals surface area contributed by atoms with Crippen molar-refractivity contribution in [1.29, 1.82) is 0 Å². The van der Waals surface area contributed by atoms with Crippen molar-refractivity contribution in [2.45, 2.75) is 37.1 Å². The van der Waals surface area contributed by atoms with Crippen molar-refractivity contribution in [3.05, 3.63) is 35.7 Å². The van der Waals surface area contributed by atoms with Gasteiger partial charge in [0.25, 0.3) is 0 Å². The summed E-state index contributed by atoms with van der Waals surface area (Å²) in [5.41, 5.74) is 2.30. The fourth-order valence-electron chi connectivity index (χ4n) is 2.57. The van der Waals surface area contributed by atoms with Crippen LogP contribution in [-0.2, 0) is 11.2 Å². The lowest BCUT2D eigenvalue weighted by Crippen LogP contribution is -2.40. The number of nitrogens with zero attached hydrogens (tertiary/aromatic N) is 3. The van der Waals surface area contributed by atoms with Crippen LogP contribution in [0.3, 0.4) is 0 Å². The van der Waals surface area contributed by atoms with Gasteiger partial charge in [0.05, 0.1) is 5.25 Å². The van der Waals surface area contributed by atoms with Crippen LogP contribution in [0.5, 0.6) is 0 Å². The number of carbonyl (C=O) groups is 1. The van der Waals surface area contributed by atoms with Crippen LogP contribution in [0.1, 0.15) is 24.7 Å². The van der Waals surface area contributed by atoms with Crippen LogP contribution in [-0.4, -0.2) is 32.9 Å². The molecule has 0 bridgehead atoms. The van der Waals surface area contributed by atoms with Gasteiger partial charge in [-0.2, -0.15) is 0 Å². The number of amides is 1. The monoisotopic (exact) mass is 302 g/mol. The Balaban J connectivity index is 1.76. The van der Waals surface area contributed by atoms with Gasteiger partial charge in [0.15, 0.2) is 0 Å². The molecule has 3 rings (SSSR count). The third-order valence-corrected chi connectivity index (χ3v) is 4.53. The van der Waals surface area contributed by atoms with Gasteiger partial charge in [0.1, 0.15) is 5.82 Å². The Morgan fingerprint density at radius 1 is 1.43 bits per heavy atom. The number of para-hydroxylation sites is 1. The maximum Gasteiger partial charge on any atom is 0.240 e. The lowest BCUT2D eigenvalue weighted by Gasteiger charge is -2.31. The summed E-state index contributed by atoms with van der Waals surface area (Å²) < 4.78 is 0. The molecule has 0 aliphatic carbocycles. The number of carbonyl (C=O) groups excluding carboxylic acids is 1. The molecule has 1 amide bonds. The lowest BCUT2D eigenvalue weighted by molar-refractivity contribution is -0.117. The van der Waals surface area contributed by atoms with Gasteiger partial charge in [-0.05, 0) is 38.3 Å². The van der Waals surface area contributed by atoms with Gasteiger partial charge in [0, 0.05) is 12.2 Å². The predicted molar refractivity (Wildman–Crippen MR) is 83.6 cm³/mol. The Hall–Kier alpha value is -1.82. The molecule has 1 N–H and O–H groups in total. The second kappa shape index (κ2) is 5.89. The highest BCUT2D eigenvalue weighted by Crippen LogP contribution is 2.29. The standard InChI is InChI=1S/C15H18N4OS/c1-10(21-15-16-11(2)17-18-15)14(20)19-9-5-7-12-6-3-4-8-13(12)19/h3-4,6,8,10H,5,7,9H2,1-2H3,(H,16,17,18). The molecule has 0 fully saturated rings. The maximum absolute atomic E-state index is 12.7. The Labute approximate surface area is 128 Å². The van der Waals surface area contributed by atoms with Crippen molar-refractivity contribution in [2.24, 2.45) is 0 Å². The van der Waals surface area contributed by atoms with Gasteiger partial charge in [0.2, 0.25) is 11.1 Å². The highest BCUT2D eigenvalue weighted by molar-refractivity contribution is 8.00. The van der Waals surface area contributed by atoms with Crippen molar-refractivity contribution in [3.8, 4) is 0 Å². The normalized spacial score (nSPS) is 15.6. The first-order valence-electron chi connectivity index (χ1n) is 7.10. The fourth-order valence-corrected chi connectivity index (χ4v) is 3.40. The van der Waals surface area contributed by atoms with Crippen LogP contribution in [0.4, 0.5) is 5.69 Å². The number of fused-ring (bicyclic) bond motifs is 1. The number of aromatic amines is 1. The number of nitrogens with one attached hydrogen (secondary N) is 1. The van der Waals surface area contributed by atoms with Crippen molar-refractivity contribution >= 4 is 23.4 Å². The summed E-state index contributed by atoms with van der Waals surface area (Å²) in [7, 11) is 0. The molecule has 2 aromatic rings. The van der Waals surface area contributed by atoms with E-state index < -0.39 is 0 Å². The summed E-state index contributed by atoms with van der Waals surface area (Å²) in [6, 6.07) is 8.15. The van der Waals surface area contributed by atoms with Crippen LogP contribution in [0.2, 0.25) is 0 Å². The molecule has 1 aromatic carbocycles. The molecule has 0 saturated carbocycles. The molecule has 0 spiro atoms. The van der Waals surface area contributed by atoms with Gasteiger partial charge in [-0.15, -0.1) is 5.10 Å². The zero-order valence-electron chi connectivity index (χ0n) is 12.2. The average molecular weight is 302 g/mol. The van der Waals surface area contributed by atoms with E-state index in [1.54, 1.807) is 0 Å². The molecule has 0 radical (unpaired) electrons. The minimum atomic E-state index is -0.202. The van der Waals surface area contributed by atoms with Crippen LogP contribution in [0, 0.1) is 6.92 Å². The van der Waals surface area contributed by atoms with Gasteiger partial charge in [-0.3, -0.25) is 9.89 Å². The zero-order chi connectivity index (χ0) is 14.8. The minimum Gasteiger partial charge on any atom is -0.311 e. The van der Waals surface area contributed by atoms with Crippen molar-refractivity contribution in [2.75, 3.05) is 11.4 Å². The van der Waals surface area contributed by atoms with E-state index in [9.17, 15) is 4.79 Å². The van der Waals surface area contributed by atoms with E-state index in [1.807, 2.05) is 36.9 Å². The molecular formula is C15H18N4OS. The van der Waals surface area contributed by atoms with Crippen LogP contribution >= 0.6 is 11.8 Å². The number of hydrogen-bond donors (Lipinski definition) is 1. The summed E-state index contributed by atoms with van der Waals surface area (Å²) in [6.07, 6.45) is 2.06. The Kier molecular flexibility index (Phi) is 3.96. The molecule has 1 aromatic heterocycles. The van der Waals surface area contributed by atoms with E-state index >= 15 is 0 Å². The first-order chi connectivity index (χ1) is 10.1. The van der Waals surface area contributed by atoms with E-state index in [0.29, 0.717) is 5.16 Å². The van der Waals surface area contributed by atoms with E-state index in [2.05, 4.69) is 21.2 Å². The largest absolute Gasteiger partial charge is 0.311 e. The average Bonchev–Trinajstić information content (AvgIpc) is 2.91. The molecule has 0 saturated heterocycles. The molecule has 1 aliphatic rings. The van der Waals surface area contributed by atoms with E-state index in [4.69, 9.17) is 0 Å². The first kappa shape index (κ1) is 14.1. The summed E-state index contributed by atoms with van der Waals surface area (Å²) >= 11 is 1.40. The number of anilines is 1. The number of thioether (sulfide) groups is 1. The lowest BCUT2D eigenvalue weighted by atomic mass is 10.0. The van der Waals surface area contributed by atoms with Gasteiger partial charge in [-0.25, -0.2) is 4.98 Å². The van der Waals surface area contributed by atoms with Crippen LogP contribution in [0.15, 0.2) is 29.4 Å². The second-order valence-electron chi connectivity index (χ2n) is 5.19. The van der Waals surface area contributed by atoms with Crippen molar-refractivity contribution in [1.82, 2.24) is 15.2 Å². The highest BCUT2D eigenvalue weighted by atomic mass is 32.2. The number of aromatic nitrogens is 3. The molecule has 6 heteroatoms. The zero-order valence-corrected chi connectivity index (χ0v) is 13.0. The number of H-pyrrole nitrogens is 1. The number of benzene rings is 1. The van der Waals surface area contributed by atoms with E-state index in [-0.39, 0.29) is 11.2 Å². The van der Waals surface area contributed by atoms with Gasteiger partial charge >= 0.3 is 0 Å².